The summed E-state index contributed by atoms with van der Waals surface area (Å²) in [5.74, 6) is 0.184. The zero-order valence-electron chi connectivity index (χ0n) is 23.0. The predicted molar refractivity (Wildman–Crippen MR) is 152 cm³/mol. The summed E-state index contributed by atoms with van der Waals surface area (Å²) in [5, 5.41) is 0. The minimum atomic E-state index is -0.736. The Morgan fingerprint density at radius 3 is 2.35 bits per heavy atom. The highest BCUT2D eigenvalue weighted by Gasteiger charge is 2.43. The van der Waals surface area contributed by atoms with Crippen molar-refractivity contribution in [1.82, 2.24) is 0 Å². The van der Waals surface area contributed by atoms with Crippen molar-refractivity contribution in [2.75, 3.05) is 14.2 Å². The summed E-state index contributed by atoms with van der Waals surface area (Å²) >= 11 is 0. The van der Waals surface area contributed by atoms with Crippen LogP contribution >= 0.6 is 0 Å². The number of carbonyl (C=O) groups is 2. The Bertz CT molecular complexity index is 1440. The van der Waals surface area contributed by atoms with Gasteiger partial charge in [-0.3, -0.25) is 14.6 Å². The first-order valence-corrected chi connectivity index (χ1v) is 13.4. The lowest BCUT2D eigenvalue weighted by atomic mass is 9.71. The third kappa shape index (κ3) is 5.78. The van der Waals surface area contributed by atoms with E-state index >= 15 is 0 Å². The second-order valence-electron chi connectivity index (χ2n) is 9.99. The van der Waals surface area contributed by atoms with Crippen molar-refractivity contribution in [3.8, 4) is 17.2 Å². The minimum Gasteiger partial charge on any atom is -0.497 e. The van der Waals surface area contributed by atoms with Gasteiger partial charge in [-0.2, -0.15) is 0 Å². The van der Waals surface area contributed by atoms with Gasteiger partial charge in [0.25, 0.3) is 0 Å². The Kier molecular flexibility index (Phi) is 8.29. The van der Waals surface area contributed by atoms with E-state index in [0.29, 0.717) is 42.2 Å². The van der Waals surface area contributed by atoms with E-state index in [4.69, 9.17) is 23.9 Å². The average molecular weight is 540 g/mol. The molecule has 5 rings (SSSR count). The lowest BCUT2D eigenvalue weighted by Gasteiger charge is -2.34. The Balaban J connectivity index is 1.44. The van der Waals surface area contributed by atoms with Gasteiger partial charge in [-0.15, -0.1) is 0 Å². The molecular weight excluding hydrogens is 506 g/mol. The number of ketones is 1. The Morgan fingerprint density at radius 1 is 0.875 bits per heavy atom. The molecule has 1 aliphatic heterocycles. The highest BCUT2D eigenvalue weighted by Crippen LogP contribution is 2.45. The zero-order chi connectivity index (χ0) is 28.1. The van der Waals surface area contributed by atoms with E-state index in [1.807, 2.05) is 79.7 Å². The molecule has 2 aliphatic rings. The second kappa shape index (κ2) is 12.2. The number of ether oxygens (including phenoxy) is 4. The van der Waals surface area contributed by atoms with Crippen LogP contribution in [0.5, 0.6) is 17.2 Å². The van der Waals surface area contributed by atoms with Gasteiger partial charge in [0.05, 0.1) is 14.2 Å². The first-order valence-electron chi connectivity index (χ1n) is 13.4. The van der Waals surface area contributed by atoms with E-state index < -0.39 is 17.8 Å². The number of hydrogen-bond donors (Lipinski definition) is 0. The topological polar surface area (TPSA) is 83.4 Å². The molecule has 206 valence electrons. The van der Waals surface area contributed by atoms with Crippen LogP contribution in [0.4, 0.5) is 0 Å². The molecule has 1 aliphatic carbocycles. The van der Waals surface area contributed by atoms with Gasteiger partial charge in [-0.25, -0.2) is 0 Å². The molecule has 3 aromatic rings. The number of hydrogen-bond acceptors (Lipinski definition) is 7. The van der Waals surface area contributed by atoms with Gasteiger partial charge in [0.2, 0.25) is 0 Å². The van der Waals surface area contributed by atoms with E-state index in [1.54, 1.807) is 14.2 Å². The maximum Gasteiger partial charge on any atom is 0.315 e. The van der Waals surface area contributed by atoms with Crippen molar-refractivity contribution in [3.63, 3.8) is 0 Å². The smallest absolute Gasteiger partial charge is 0.315 e. The molecule has 0 N–H and O–H groups in total. The van der Waals surface area contributed by atoms with Crippen LogP contribution in [0.15, 0.2) is 89.1 Å². The SMILES string of the molecule is COc1ccc(COC(=O)C2C(C)=NC3=C(C(=O)CCC3)[C@@H]2c2ccc(OCc3ccccc3)c(OC)c2)cc1. The summed E-state index contributed by atoms with van der Waals surface area (Å²) in [6.45, 7) is 2.33. The van der Waals surface area contributed by atoms with Crippen LogP contribution in [0, 0.1) is 5.92 Å². The van der Waals surface area contributed by atoms with Crippen LogP contribution < -0.4 is 14.2 Å². The Labute approximate surface area is 234 Å². The van der Waals surface area contributed by atoms with Crippen LogP contribution in [0.3, 0.4) is 0 Å². The van der Waals surface area contributed by atoms with E-state index in [-0.39, 0.29) is 12.4 Å². The molecule has 0 aromatic heterocycles. The van der Waals surface area contributed by atoms with Crippen LogP contribution in [0.2, 0.25) is 0 Å². The van der Waals surface area contributed by atoms with Crippen molar-refractivity contribution < 1.29 is 28.5 Å². The van der Waals surface area contributed by atoms with Gasteiger partial charge in [0.1, 0.15) is 24.9 Å². The first kappa shape index (κ1) is 27.2. The van der Waals surface area contributed by atoms with E-state index in [2.05, 4.69) is 0 Å². The first-order chi connectivity index (χ1) is 19.5. The molecule has 0 radical (unpaired) electrons. The number of carbonyl (C=O) groups excluding carboxylic acids is 2. The number of methoxy groups -OCH3 is 2. The quantitative estimate of drug-likeness (QED) is 0.301. The zero-order valence-corrected chi connectivity index (χ0v) is 23.0. The summed E-state index contributed by atoms with van der Waals surface area (Å²) in [5.41, 5.74) is 4.67. The van der Waals surface area contributed by atoms with Gasteiger partial charge in [0.15, 0.2) is 17.3 Å². The fourth-order valence-electron chi connectivity index (χ4n) is 5.37. The highest BCUT2D eigenvalue weighted by molar-refractivity contribution is 6.08. The number of allylic oxidation sites excluding steroid dienone is 2. The van der Waals surface area contributed by atoms with E-state index in [1.165, 1.54) is 0 Å². The second-order valence-corrected chi connectivity index (χ2v) is 9.99. The number of aliphatic imine (C=N–C) groups is 1. The van der Waals surface area contributed by atoms with E-state index in [9.17, 15) is 9.59 Å². The molecule has 0 saturated carbocycles. The highest BCUT2D eigenvalue weighted by atomic mass is 16.5. The van der Waals surface area contributed by atoms with Crippen molar-refractivity contribution in [2.24, 2.45) is 10.9 Å². The Hall–Kier alpha value is -4.39. The molecule has 0 amide bonds. The summed E-state index contributed by atoms with van der Waals surface area (Å²) in [6.07, 6.45) is 1.90. The van der Waals surface area contributed by atoms with Gasteiger partial charge in [-0.05, 0) is 60.7 Å². The molecule has 0 saturated heterocycles. The number of rotatable bonds is 9. The number of esters is 1. The molecule has 0 fully saturated rings. The number of benzene rings is 3. The fraction of sp³-hybridized carbons (Fsp3) is 0.303. The standard InChI is InChI=1S/C33H33NO6/c1-21-30(33(36)40-20-23-12-15-25(37-2)16-13-23)31(32-26(34-21)10-7-11-27(32)35)24-14-17-28(29(18-24)38-3)39-19-22-8-5-4-6-9-22/h4-6,8-9,12-18,30-31H,7,10-11,19-20H2,1-3H3/t30?,31-/m1/s1. The van der Waals surface area contributed by atoms with Crippen LogP contribution in [0.1, 0.15) is 48.8 Å². The van der Waals surface area contributed by atoms with Gasteiger partial charge >= 0.3 is 5.97 Å². The molecule has 0 bridgehead atoms. The van der Waals surface area contributed by atoms with Gasteiger partial charge in [0, 0.05) is 29.3 Å². The number of nitrogens with zero attached hydrogens (tertiary/aromatic N) is 1. The predicted octanol–water partition coefficient (Wildman–Crippen LogP) is 6.21. The summed E-state index contributed by atoms with van der Waals surface area (Å²) < 4.78 is 22.8. The summed E-state index contributed by atoms with van der Waals surface area (Å²) in [6, 6.07) is 22.8. The van der Waals surface area contributed by atoms with Crippen molar-refractivity contribution >= 4 is 17.5 Å². The van der Waals surface area contributed by atoms with E-state index in [0.717, 1.165) is 34.6 Å². The van der Waals surface area contributed by atoms with Crippen molar-refractivity contribution in [1.29, 1.82) is 0 Å². The summed E-state index contributed by atoms with van der Waals surface area (Å²) in [4.78, 5) is 31.6. The average Bonchev–Trinajstić information content (AvgIpc) is 2.99. The molecule has 7 heteroatoms. The van der Waals surface area contributed by atoms with Crippen LogP contribution in [-0.4, -0.2) is 31.7 Å². The normalized spacial score (nSPS) is 18.5. The molecule has 40 heavy (non-hydrogen) atoms. The molecule has 1 unspecified atom stereocenters. The third-order valence-electron chi connectivity index (χ3n) is 7.41. The molecule has 3 aromatic carbocycles. The van der Waals surface area contributed by atoms with Crippen molar-refractivity contribution in [2.45, 2.75) is 45.3 Å². The van der Waals surface area contributed by atoms with Gasteiger partial charge in [-0.1, -0.05) is 48.5 Å². The number of Topliss-reactive ketones (excluding diaryl/α,β-unsaturated/α-hetero) is 1. The van der Waals surface area contributed by atoms with Crippen LogP contribution in [0.25, 0.3) is 0 Å². The molecular formula is C33H33NO6. The summed E-state index contributed by atoms with van der Waals surface area (Å²) in [7, 11) is 3.19. The van der Waals surface area contributed by atoms with Crippen LogP contribution in [-0.2, 0) is 27.5 Å². The molecule has 0 spiro atoms. The minimum absolute atomic E-state index is 0.0267. The lowest BCUT2D eigenvalue weighted by Crippen LogP contribution is -2.37. The van der Waals surface area contributed by atoms with Gasteiger partial charge < -0.3 is 18.9 Å². The monoisotopic (exact) mass is 539 g/mol. The Morgan fingerprint density at radius 2 is 1.62 bits per heavy atom. The van der Waals surface area contributed by atoms with Crippen molar-refractivity contribution in [3.05, 3.63) is 101 Å². The maximum absolute atomic E-state index is 13.6. The molecule has 2 atom stereocenters. The fourth-order valence-corrected chi connectivity index (χ4v) is 5.37. The largest absolute Gasteiger partial charge is 0.497 e. The third-order valence-corrected chi connectivity index (χ3v) is 7.41. The lowest BCUT2D eigenvalue weighted by molar-refractivity contribution is -0.148. The molecule has 1 heterocycles. The maximum atomic E-state index is 13.6. The molecule has 7 nitrogen and oxygen atoms in total.